The van der Waals surface area contributed by atoms with Gasteiger partial charge in [-0.3, -0.25) is 0 Å². The lowest BCUT2D eigenvalue weighted by atomic mass is 10.2. The van der Waals surface area contributed by atoms with Gasteiger partial charge in [-0.2, -0.15) is 0 Å². The van der Waals surface area contributed by atoms with Crippen LogP contribution in [0, 0.1) is 5.82 Å². The Hall–Kier alpha value is -1.76. The van der Waals surface area contributed by atoms with Gasteiger partial charge in [0.2, 0.25) is 0 Å². The average molecular weight is 325 g/mol. The van der Waals surface area contributed by atoms with E-state index in [4.69, 9.17) is 0 Å². The number of nitrogens with zero attached hydrogens (tertiary/aromatic N) is 3. The number of rotatable bonds is 5. The van der Waals surface area contributed by atoms with Crippen LogP contribution in [0.15, 0.2) is 24.3 Å². The zero-order valence-electron chi connectivity index (χ0n) is 13.1. The second-order valence-corrected chi connectivity index (χ2v) is 8.01. The van der Waals surface area contributed by atoms with E-state index in [2.05, 4.69) is 10.2 Å². The molecule has 0 aliphatic heterocycles. The number of halogens is 1. The maximum atomic E-state index is 13.0. The van der Waals surface area contributed by atoms with E-state index < -0.39 is 15.1 Å². The van der Waals surface area contributed by atoms with Gasteiger partial charge < -0.3 is 4.57 Å². The molecule has 1 atom stereocenters. The Labute approximate surface area is 130 Å². The second-order valence-electron chi connectivity index (χ2n) is 5.69. The third-order valence-corrected chi connectivity index (χ3v) is 5.73. The molecular weight excluding hydrogens is 305 g/mol. The number of hydrogen-bond acceptors (Lipinski definition) is 4. The highest BCUT2D eigenvalue weighted by atomic mass is 32.2. The van der Waals surface area contributed by atoms with Gasteiger partial charge in [-0.1, -0.05) is 26.0 Å². The van der Waals surface area contributed by atoms with Crippen molar-refractivity contribution in [1.29, 1.82) is 0 Å². The van der Waals surface area contributed by atoms with E-state index in [1.54, 1.807) is 18.5 Å². The summed E-state index contributed by atoms with van der Waals surface area (Å²) in [5, 5.41) is 7.30. The number of aromatic nitrogens is 3. The zero-order chi connectivity index (χ0) is 16.5. The van der Waals surface area contributed by atoms with Crippen molar-refractivity contribution in [3.63, 3.8) is 0 Å². The smallest absolute Gasteiger partial charge is 0.164 e. The van der Waals surface area contributed by atoms with Crippen molar-refractivity contribution in [1.82, 2.24) is 14.8 Å². The first-order valence-corrected chi connectivity index (χ1v) is 8.79. The van der Waals surface area contributed by atoms with Crippen LogP contribution in [0.1, 0.15) is 49.2 Å². The van der Waals surface area contributed by atoms with Crippen LogP contribution in [0.2, 0.25) is 0 Å². The minimum atomic E-state index is -3.46. The molecule has 0 fully saturated rings. The first-order valence-electron chi connectivity index (χ1n) is 7.07. The van der Waals surface area contributed by atoms with E-state index in [1.165, 1.54) is 24.3 Å². The summed E-state index contributed by atoms with van der Waals surface area (Å²) in [5.41, 5.74) is 0.563. The molecule has 0 aliphatic carbocycles. The van der Waals surface area contributed by atoms with Crippen LogP contribution in [0.25, 0.3) is 0 Å². The summed E-state index contributed by atoms with van der Waals surface area (Å²) >= 11 is 0. The second kappa shape index (κ2) is 6.16. The SMILES string of the molecule is CC(C)c1nnc(CS(=O)(=O)C(C)c2ccc(F)cc2)n1C. The Morgan fingerprint density at radius 1 is 1.14 bits per heavy atom. The van der Waals surface area contributed by atoms with Crippen LogP contribution < -0.4 is 0 Å². The summed E-state index contributed by atoms with van der Waals surface area (Å²) in [7, 11) is -1.69. The van der Waals surface area contributed by atoms with Crippen LogP contribution in [0.4, 0.5) is 4.39 Å². The molecule has 1 aromatic heterocycles. The molecule has 0 aliphatic rings. The summed E-state index contributed by atoms with van der Waals surface area (Å²) < 4.78 is 39.8. The molecule has 1 unspecified atom stereocenters. The Morgan fingerprint density at radius 3 is 2.23 bits per heavy atom. The molecule has 22 heavy (non-hydrogen) atoms. The molecule has 0 radical (unpaired) electrons. The normalized spacial score (nSPS) is 13.5. The van der Waals surface area contributed by atoms with Crippen molar-refractivity contribution in [3.05, 3.63) is 47.3 Å². The van der Waals surface area contributed by atoms with Crippen molar-refractivity contribution in [2.24, 2.45) is 7.05 Å². The van der Waals surface area contributed by atoms with Crippen molar-refractivity contribution >= 4 is 9.84 Å². The van der Waals surface area contributed by atoms with Gasteiger partial charge in [0, 0.05) is 13.0 Å². The van der Waals surface area contributed by atoms with Gasteiger partial charge in [0.25, 0.3) is 0 Å². The average Bonchev–Trinajstić information content (AvgIpc) is 2.80. The van der Waals surface area contributed by atoms with Crippen LogP contribution >= 0.6 is 0 Å². The predicted octanol–water partition coefficient (Wildman–Crippen LogP) is 2.75. The topological polar surface area (TPSA) is 64.8 Å². The third-order valence-electron chi connectivity index (χ3n) is 3.72. The van der Waals surface area contributed by atoms with E-state index in [9.17, 15) is 12.8 Å². The molecule has 7 heteroatoms. The number of sulfone groups is 1. The van der Waals surface area contributed by atoms with Crippen molar-refractivity contribution in [2.45, 2.75) is 37.7 Å². The Balaban J connectivity index is 2.26. The van der Waals surface area contributed by atoms with Crippen LogP contribution in [0.3, 0.4) is 0 Å². The van der Waals surface area contributed by atoms with Gasteiger partial charge in [-0.05, 0) is 24.6 Å². The summed E-state index contributed by atoms with van der Waals surface area (Å²) in [6, 6.07) is 5.52. The highest BCUT2D eigenvalue weighted by Gasteiger charge is 2.26. The molecule has 0 bridgehead atoms. The highest BCUT2D eigenvalue weighted by Crippen LogP contribution is 2.25. The van der Waals surface area contributed by atoms with Gasteiger partial charge in [-0.25, -0.2) is 12.8 Å². The molecule has 2 rings (SSSR count). The maximum absolute atomic E-state index is 13.0. The fourth-order valence-corrected chi connectivity index (χ4v) is 3.68. The van der Waals surface area contributed by atoms with E-state index in [0.717, 1.165) is 5.82 Å². The monoisotopic (exact) mass is 325 g/mol. The van der Waals surface area contributed by atoms with Gasteiger partial charge in [0.05, 0.1) is 5.25 Å². The summed E-state index contributed by atoms with van der Waals surface area (Å²) in [6.45, 7) is 5.55. The van der Waals surface area contributed by atoms with Gasteiger partial charge in [0.15, 0.2) is 9.84 Å². The molecule has 1 aromatic carbocycles. The standard InChI is InChI=1S/C15H20FN3O2S/c1-10(2)15-18-17-14(19(15)4)9-22(20,21)11(3)12-5-7-13(16)8-6-12/h5-8,10-11H,9H2,1-4H3. The minimum absolute atomic E-state index is 0.170. The zero-order valence-corrected chi connectivity index (χ0v) is 13.9. The number of benzene rings is 1. The molecule has 1 heterocycles. The first-order chi connectivity index (χ1) is 10.2. The lowest BCUT2D eigenvalue weighted by Gasteiger charge is -2.13. The maximum Gasteiger partial charge on any atom is 0.164 e. The predicted molar refractivity (Wildman–Crippen MR) is 82.5 cm³/mol. The van der Waals surface area contributed by atoms with E-state index >= 15 is 0 Å². The fourth-order valence-electron chi connectivity index (χ4n) is 2.25. The lowest BCUT2D eigenvalue weighted by Crippen LogP contribution is -2.16. The molecule has 5 nitrogen and oxygen atoms in total. The molecule has 120 valence electrons. The molecular formula is C15H20FN3O2S. The Kier molecular flexibility index (Phi) is 4.65. The summed E-state index contributed by atoms with van der Waals surface area (Å²) in [5.74, 6) is 0.755. The summed E-state index contributed by atoms with van der Waals surface area (Å²) in [6.07, 6.45) is 0. The van der Waals surface area contributed by atoms with Crippen molar-refractivity contribution in [3.8, 4) is 0 Å². The highest BCUT2D eigenvalue weighted by molar-refractivity contribution is 7.90. The molecule has 0 saturated heterocycles. The van der Waals surface area contributed by atoms with E-state index in [0.29, 0.717) is 11.4 Å². The van der Waals surface area contributed by atoms with E-state index in [1.807, 2.05) is 13.8 Å². The minimum Gasteiger partial charge on any atom is -0.317 e. The van der Waals surface area contributed by atoms with Crippen LogP contribution in [-0.2, 0) is 22.6 Å². The molecule has 0 amide bonds. The largest absolute Gasteiger partial charge is 0.317 e. The van der Waals surface area contributed by atoms with Crippen LogP contribution in [0.5, 0.6) is 0 Å². The quantitative estimate of drug-likeness (QED) is 0.848. The molecule has 2 aromatic rings. The molecule has 0 spiro atoms. The Morgan fingerprint density at radius 2 is 1.73 bits per heavy atom. The van der Waals surface area contributed by atoms with Crippen LogP contribution in [-0.4, -0.2) is 23.2 Å². The van der Waals surface area contributed by atoms with Gasteiger partial charge in [0.1, 0.15) is 23.2 Å². The fraction of sp³-hybridized carbons (Fsp3) is 0.467. The third kappa shape index (κ3) is 3.35. The van der Waals surface area contributed by atoms with Crippen molar-refractivity contribution in [2.75, 3.05) is 0 Å². The molecule has 0 saturated carbocycles. The van der Waals surface area contributed by atoms with Gasteiger partial charge in [-0.15, -0.1) is 10.2 Å². The van der Waals surface area contributed by atoms with Crippen molar-refractivity contribution < 1.29 is 12.8 Å². The lowest BCUT2D eigenvalue weighted by molar-refractivity contribution is 0.581. The Bertz CT molecular complexity index is 752. The van der Waals surface area contributed by atoms with Gasteiger partial charge >= 0.3 is 0 Å². The molecule has 0 N–H and O–H groups in total. The van der Waals surface area contributed by atoms with E-state index in [-0.39, 0.29) is 17.5 Å². The summed E-state index contributed by atoms with van der Waals surface area (Å²) in [4.78, 5) is 0. The first kappa shape index (κ1) is 16.6. The number of hydrogen-bond donors (Lipinski definition) is 0.